The number of phenolic OH excluding ortho intramolecular Hbond substituents is 1. The lowest BCUT2D eigenvalue weighted by molar-refractivity contribution is -0.132. The minimum atomic E-state index is -0.960. The molecule has 0 aromatic heterocycles. The lowest BCUT2D eigenvalue weighted by Gasteiger charge is -2.54. The number of phenols is 1. The van der Waals surface area contributed by atoms with Gasteiger partial charge in [-0.2, -0.15) is 0 Å². The fraction of sp³-hybridized carbons (Fsp3) is 0.816. The molecule has 1 aromatic rings. The molecule has 0 aliphatic heterocycles. The van der Waals surface area contributed by atoms with Gasteiger partial charge in [0.1, 0.15) is 11.9 Å². The topological polar surface area (TPSA) is 60.8 Å². The predicted octanol–water partition coefficient (Wildman–Crippen LogP) is 8.72. The van der Waals surface area contributed by atoms with Gasteiger partial charge in [-0.05, 0) is 116 Å². The summed E-state index contributed by atoms with van der Waals surface area (Å²) in [6.45, 7) is 3.93. The lowest BCUT2D eigenvalue weighted by Crippen LogP contribution is -2.51. The van der Waals surface area contributed by atoms with Gasteiger partial charge in [0.25, 0.3) is 0 Å². The van der Waals surface area contributed by atoms with E-state index in [1.54, 1.807) is 6.07 Å². The molecule has 5 heteroatoms. The van der Waals surface area contributed by atoms with E-state index in [-0.39, 0.29) is 23.0 Å². The second-order valence-corrected chi connectivity index (χ2v) is 15.8. The third-order valence-electron chi connectivity index (χ3n) is 13.1. The standard InChI is InChI=1S/C38H58FNO3/c1-38-24-33(39)37-31-17-16-30(41)23-29(31)22-28(36(37)32(38)18-19-34(38)42)14-8-9-21-40(25-27-12-6-3-7-13-27)35(43)20-15-26-10-4-2-5-11-26/h16-17,23,26-28,32-34,36-37,41-42H,2-15,18-22,24-25H2,1H3/t28-,32?,33+,34+,36?,37?,38+/m1/s1. The Morgan fingerprint density at radius 2 is 1.67 bits per heavy atom. The number of aliphatic hydroxyl groups is 1. The van der Waals surface area contributed by atoms with Crippen LogP contribution in [-0.4, -0.2) is 46.4 Å². The fourth-order valence-corrected chi connectivity index (χ4v) is 10.7. The van der Waals surface area contributed by atoms with Gasteiger partial charge in [0.05, 0.1) is 6.10 Å². The van der Waals surface area contributed by atoms with Crippen molar-refractivity contribution < 1.29 is 19.4 Å². The van der Waals surface area contributed by atoms with Crippen molar-refractivity contribution in [1.29, 1.82) is 0 Å². The summed E-state index contributed by atoms with van der Waals surface area (Å²) in [7, 11) is 0. The highest BCUT2D eigenvalue weighted by molar-refractivity contribution is 5.76. The van der Waals surface area contributed by atoms with Crippen molar-refractivity contribution in [3.63, 3.8) is 0 Å². The average Bonchev–Trinajstić information content (AvgIpc) is 3.31. The van der Waals surface area contributed by atoms with Crippen LogP contribution in [-0.2, 0) is 11.2 Å². The Morgan fingerprint density at radius 1 is 0.953 bits per heavy atom. The molecule has 5 aliphatic rings. The summed E-state index contributed by atoms with van der Waals surface area (Å²) < 4.78 is 16.1. The van der Waals surface area contributed by atoms with Crippen LogP contribution in [0.2, 0.25) is 0 Å². The molecule has 0 heterocycles. The van der Waals surface area contributed by atoms with E-state index < -0.39 is 12.3 Å². The summed E-state index contributed by atoms with van der Waals surface area (Å²) in [5.74, 6) is 2.84. The van der Waals surface area contributed by atoms with E-state index in [9.17, 15) is 15.0 Å². The zero-order valence-electron chi connectivity index (χ0n) is 26.8. The number of fused-ring (bicyclic) bond motifs is 5. The summed E-state index contributed by atoms with van der Waals surface area (Å²) in [4.78, 5) is 15.8. The van der Waals surface area contributed by atoms with E-state index >= 15 is 4.39 Å². The summed E-state index contributed by atoms with van der Waals surface area (Å²) in [6.07, 6.45) is 19.7. The largest absolute Gasteiger partial charge is 0.508 e. The molecule has 1 aromatic carbocycles. The number of nitrogens with zero attached hydrogens (tertiary/aromatic N) is 1. The normalized spacial score (nSPS) is 34.8. The fourth-order valence-electron chi connectivity index (χ4n) is 10.7. The maximum Gasteiger partial charge on any atom is 0.222 e. The van der Waals surface area contributed by atoms with Gasteiger partial charge >= 0.3 is 0 Å². The molecule has 6 rings (SSSR count). The van der Waals surface area contributed by atoms with E-state index in [0.717, 1.165) is 75.1 Å². The Bertz CT molecular complexity index is 1080. The Morgan fingerprint density at radius 3 is 2.42 bits per heavy atom. The number of aromatic hydroxyl groups is 1. The van der Waals surface area contributed by atoms with Crippen molar-refractivity contribution in [1.82, 2.24) is 4.90 Å². The molecule has 0 saturated heterocycles. The van der Waals surface area contributed by atoms with Crippen LogP contribution in [0, 0.1) is 35.0 Å². The Labute approximate surface area is 260 Å². The predicted molar refractivity (Wildman–Crippen MR) is 171 cm³/mol. The monoisotopic (exact) mass is 595 g/mol. The van der Waals surface area contributed by atoms with Crippen molar-refractivity contribution >= 4 is 5.91 Å². The third kappa shape index (κ3) is 6.82. The van der Waals surface area contributed by atoms with Crippen molar-refractivity contribution in [2.24, 2.45) is 35.0 Å². The number of alkyl halides is 1. The molecule has 240 valence electrons. The highest BCUT2D eigenvalue weighted by atomic mass is 19.1. The van der Waals surface area contributed by atoms with E-state index in [1.165, 1.54) is 64.2 Å². The molecule has 0 bridgehead atoms. The van der Waals surface area contributed by atoms with E-state index in [2.05, 4.69) is 11.8 Å². The van der Waals surface area contributed by atoms with Crippen LogP contribution in [0.3, 0.4) is 0 Å². The quantitative estimate of drug-likeness (QED) is 0.266. The minimum absolute atomic E-state index is 0.137. The molecular formula is C38H58FNO3. The van der Waals surface area contributed by atoms with E-state index in [4.69, 9.17) is 0 Å². The SMILES string of the molecule is C[C@]12C[C@H](F)C3c4ccc(O)cc4C[C@@H](CCCCN(CC4CCCCC4)C(=O)CCC4CCCCC4)C3C1CC[C@@H]2O. The Hall–Kier alpha value is -1.62. The van der Waals surface area contributed by atoms with E-state index in [1.807, 2.05) is 12.1 Å². The van der Waals surface area contributed by atoms with Gasteiger partial charge < -0.3 is 15.1 Å². The summed E-state index contributed by atoms with van der Waals surface area (Å²) in [6, 6.07) is 5.58. The number of rotatable bonds is 10. The molecule has 4 saturated carbocycles. The molecule has 7 atom stereocenters. The summed E-state index contributed by atoms with van der Waals surface area (Å²) >= 11 is 0. The Kier molecular flexibility index (Phi) is 10.1. The maximum absolute atomic E-state index is 16.1. The first kappa shape index (κ1) is 31.4. The molecule has 1 amide bonds. The van der Waals surface area contributed by atoms with Gasteiger partial charge in [0, 0.05) is 25.4 Å². The van der Waals surface area contributed by atoms with Crippen LogP contribution in [0.4, 0.5) is 4.39 Å². The smallest absolute Gasteiger partial charge is 0.222 e. The number of hydrogen-bond acceptors (Lipinski definition) is 3. The number of amides is 1. The van der Waals surface area contributed by atoms with Crippen molar-refractivity contribution in [3.8, 4) is 5.75 Å². The highest BCUT2D eigenvalue weighted by Gasteiger charge is 2.59. The first-order valence-corrected chi connectivity index (χ1v) is 18.2. The van der Waals surface area contributed by atoms with Gasteiger partial charge in [0.2, 0.25) is 5.91 Å². The van der Waals surface area contributed by atoms with Crippen molar-refractivity contribution in [2.45, 2.75) is 147 Å². The summed E-state index contributed by atoms with van der Waals surface area (Å²) in [5.41, 5.74) is 1.87. The van der Waals surface area contributed by atoms with Gasteiger partial charge in [-0.1, -0.05) is 70.8 Å². The van der Waals surface area contributed by atoms with Crippen molar-refractivity contribution in [3.05, 3.63) is 29.3 Å². The molecule has 3 unspecified atom stereocenters. The molecule has 0 radical (unpaired) electrons. The van der Waals surface area contributed by atoms with Crippen LogP contribution in [0.25, 0.3) is 0 Å². The third-order valence-corrected chi connectivity index (χ3v) is 13.1. The van der Waals surface area contributed by atoms with Crippen LogP contribution in [0.15, 0.2) is 18.2 Å². The zero-order chi connectivity index (χ0) is 30.0. The highest BCUT2D eigenvalue weighted by Crippen LogP contribution is 2.63. The zero-order valence-corrected chi connectivity index (χ0v) is 26.8. The van der Waals surface area contributed by atoms with E-state index in [0.29, 0.717) is 36.5 Å². The number of unbranched alkanes of at least 4 members (excludes halogenated alkanes) is 1. The number of halogens is 1. The second-order valence-electron chi connectivity index (χ2n) is 15.8. The van der Waals surface area contributed by atoms with Crippen LogP contribution >= 0.6 is 0 Å². The molecule has 5 aliphatic carbocycles. The van der Waals surface area contributed by atoms with Crippen LogP contribution in [0.5, 0.6) is 5.75 Å². The van der Waals surface area contributed by atoms with Gasteiger partial charge in [-0.15, -0.1) is 0 Å². The number of benzene rings is 1. The maximum atomic E-state index is 16.1. The number of carbonyl (C=O) groups is 1. The van der Waals surface area contributed by atoms with Crippen LogP contribution < -0.4 is 0 Å². The molecule has 4 nitrogen and oxygen atoms in total. The number of hydrogen-bond donors (Lipinski definition) is 2. The van der Waals surface area contributed by atoms with Gasteiger partial charge in [-0.3, -0.25) is 4.79 Å². The number of carbonyl (C=O) groups excluding carboxylic acids is 1. The first-order valence-electron chi connectivity index (χ1n) is 18.2. The Balaban J connectivity index is 1.11. The second kappa shape index (κ2) is 13.8. The number of aliphatic hydroxyl groups excluding tert-OH is 1. The summed E-state index contributed by atoms with van der Waals surface area (Å²) in [5, 5.41) is 21.2. The molecule has 0 spiro atoms. The van der Waals surface area contributed by atoms with Crippen LogP contribution in [0.1, 0.15) is 140 Å². The van der Waals surface area contributed by atoms with Gasteiger partial charge in [-0.25, -0.2) is 4.39 Å². The lowest BCUT2D eigenvalue weighted by atomic mass is 9.51. The van der Waals surface area contributed by atoms with Gasteiger partial charge in [0.15, 0.2) is 0 Å². The van der Waals surface area contributed by atoms with Crippen molar-refractivity contribution in [2.75, 3.05) is 13.1 Å². The minimum Gasteiger partial charge on any atom is -0.508 e. The average molecular weight is 596 g/mol. The molecule has 2 N–H and O–H groups in total. The molecule has 4 fully saturated rings. The molecular weight excluding hydrogens is 537 g/mol. The first-order chi connectivity index (χ1) is 20.8. The molecule has 43 heavy (non-hydrogen) atoms.